The lowest BCUT2D eigenvalue weighted by molar-refractivity contribution is -0.137. The lowest BCUT2D eigenvalue weighted by Gasteiger charge is -2.11. The van der Waals surface area contributed by atoms with Gasteiger partial charge in [-0.15, -0.1) is 0 Å². The van der Waals surface area contributed by atoms with Gasteiger partial charge in [-0.2, -0.15) is 13.2 Å². The van der Waals surface area contributed by atoms with Crippen LogP contribution in [0.4, 0.5) is 18.0 Å². The molecule has 1 amide bonds. The summed E-state index contributed by atoms with van der Waals surface area (Å²) in [6.45, 7) is 0.582. The Balaban J connectivity index is 2.11. The molecule has 1 N–H and O–H groups in total. The molecule has 0 radical (unpaired) electrons. The van der Waals surface area contributed by atoms with E-state index in [4.69, 9.17) is 5.11 Å². The fourth-order valence-electron chi connectivity index (χ4n) is 2.09. The molecule has 0 aromatic heterocycles. The fraction of sp³-hybridized carbons (Fsp3) is 0.385. The van der Waals surface area contributed by atoms with Crippen molar-refractivity contribution in [1.82, 2.24) is 4.90 Å². The number of nitrogens with zero attached hydrogens (tertiary/aromatic N) is 2. The van der Waals surface area contributed by atoms with E-state index in [0.717, 1.165) is 6.07 Å². The normalized spacial score (nSPS) is 19.8. The van der Waals surface area contributed by atoms with Crippen LogP contribution in [0, 0.1) is 0 Å². The molecule has 1 heterocycles. The van der Waals surface area contributed by atoms with E-state index in [-0.39, 0.29) is 18.2 Å². The topological polar surface area (TPSA) is 52.9 Å². The van der Waals surface area contributed by atoms with Crippen LogP contribution < -0.4 is 0 Å². The van der Waals surface area contributed by atoms with Crippen molar-refractivity contribution in [3.63, 3.8) is 0 Å². The Bertz CT molecular complexity index is 529. The first-order chi connectivity index (χ1) is 9.38. The Hall–Kier alpha value is -2.05. The highest BCUT2D eigenvalue weighted by atomic mass is 19.4. The minimum atomic E-state index is -4.43. The molecule has 2 rings (SSSR count). The van der Waals surface area contributed by atoms with E-state index in [2.05, 4.69) is 4.99 Å². The van der Waals surface area contributed by atoms with Crippen LogP contribution in [0.1, 0.15) is 17.5 Å². The molecule has 0 saturated carbocycles. The smallest absolute Gasteiger partial charge is 0.417 e. The number of amides is 1. The lowest BCUT2D eigenvalue weighted by atomic mass is 10.1. The molecule has 1 aliphatic heterocycles. The summed E-state index contributed by atoms with van der Waals surface area (Å²) < 4.78 is 38.3. The predicted octanol–water partition coefficient (Wildman–Crippen LogP) is 2.88. The maximum absolute atomic E-state index is 12.8. The number of hydrogen-bond acceptors (Lipinski definition) is 2. The molecule has 1 aromatic rings. The van der Waals surface area contributed by atoms with Crippen LogP contribution in [0.3, 0.4) is 0 Å². The van der Waals surface area contributed by atoms with Crippen molar-refractivity contribution in [2.75, 3.05) is 13.1 Å². The molecule has 1 saturated heterocycles. The lowest BCUT2D eigenvalue weighted by Crippen LogP contribution is -2.27. The molecule has 1 fully saturated rings. The van der Waals surface area contributed by atoms with Crippen LogP contribution in [0.5, 0.6) is 0 Å². The molecule has 0 aliphatic carbocycles. The summed E-state index contributed by atoms with van der Waals surface area (Å²) in [4.78, 5) is 16.0. The van der Waals surface area contributed by atoms with Gasteiger partial charge in [-0.05, 0) is 12.5 Å². The van der Waals surface area contributed by atoms with Gasteiger partial charge < -0.3 is 10.0 Å². The van der Waals surface area contributed by atoms with Gasteiger partial charge in [0.2, 0.25) is 0 Å². The zero-order chi connectivity index (χ0) is 14.8. The average molecular weight is 286 g/mol. The molecular formula is C13H13F3N2O2. The van der Waals surface area contributed by atoms with Gasteiger partial charge in [-0.3, -0.25) is 4.99 Å². The molecule has 1 aliphatic rings. The maximum Gasteiger partial charge on any atom is 0.417 e. The molecule has 0 spiro atoms. The van der Waals surface area contributed by atoms with E-state index < -0.39 is 17.8 Å². The highest BCUT2D eigenvalue weighted by molar-refractivity contribution is 5.82. The summed E-state index contributed by atoms with van der Waals surface area (Å²) in [5.74, 6) is 0. The largest absolute Gasteiger partial charge is 0.465 e. The SMILES string of the molecule is O=C(O)N1CC[C@H](/N=C/c2ccccc2C(F)(F)F)C1. The Labute approximate surface area is 113 Å². The number of hydrogen-bond donors (Lipinski definition) is 1. The number of rotatable bonds is 2. The molecule has 20 heavy (non-hydrogen) atoms. The van der Waals surface area contributed by atoms with E-state index in [1.54, 1.807) is 0 Å². The highest BCUT2D eigenvalue weighted by Crippen LogP contribution is 2.31. The van der Waals surface area contributed by atoms with Crippen molar-refractivity contribution in [2.24, 2.45) is 4.99 Å². The summed E-state index contributed by atoms with van der Waals surface area (Å²) in [6.07, 6.45) is -3.75. The summed E-state index contributed by atoms with van der Waals surface area (Å²) >= 11 is 0. The first-order valence-electron chi connectivity index (χ1n) is 6.05. The Morgan fingerprint density at radius 2 is 2.10 bits per heavy atom. The second kappa shape index (κ2) is 5.52. The zero-order valence-electron chi connectivity index (χ0n) is 10.5. The number of alkyl halides is 3. The molecule has 4 nitrogen and oxygen atoms in total. The molecule has 0 unspecified atom stereocenters. The van der Waals surface area contributed by atoms with Crippen molar-refractivity contribution in [3.8, 4) is 0 Å². The summed E-state index contributed by atoms with van der Waals surface area (Å²) in [7, 11) is 0. The summed E-state index contributed by atoms with van der Waals surface area (Å²) in [6, 6.07) is 4.89. The minimum Gasteiger partial charge on any atom is -0.465 e. The van der Waals surface area contributed by atoms with Crippen molar-refractivity contribution >= 4 is 12.3 Å². The van der Waals surface area contributed by atoms with Gasteiger partial charge in [-0.25, -0.2) is 4.79 Å². The van der Waals surface area contributed by atoms with Gasteiger partial charge in [0, 0.05) is 24.9 Å². The first-order valence-corrected chi connectivity index (χ1v) is 6.05. The van der Waals surface area contributed by atoms with Crippen molar-refractivity contribution in [2.45, 2.75) is 18.6 Å². The molecule has 1 atom stereocenters. The third-order valence-corrected chi connectivity index (χ3v) is 3.12. The second-order valence-electron chi connectivity index (χ2n) is 4.53. The van der Waals surface area contributed by atoms with Crippen molar-refractivity contribution in [1.29, 1.82) is 0 Å². The molecule has 7 heteroatoms. The standard InChI is InChI=1S/C13H13F3N2O2/c14-13(15,16)11-4-2-1-3-9(11)7-17-10-5-6-18(8-10)12(19)20/h1-4,7,10H,5-6,8H2,(H,19,20)/b17-7+/t10-/m0/s1. The van der Waals surface area contributed by atoms with E-state index in [9.17, 15) is 18.0 Å². The van der Waals surface area contributed by atoms with E-state index in [1.165, 1.54) is 29.3 Å². The van der Waals surface area contributed by atoms with Gasteiger partial charge in [0.25, 0.3) is 0 Å². The average Bonchev–Trinajstić information content (AvgIpc) is 2.84. The van der Waals surface area contributed by atoms with Gasteiger partial charge in [-0.1, -0.05) is 18.2 Å². The van der Waals surface area contributed by atoms with Gasteiger partial charge in [0.1, 0.15) is 0 Å². The Kier molecular flexibility index (Phi) is 3.96. The number of aliphatic imine (C=N–C) groups is 1. The number of carboxylic acid groups (broad SMARTS) is 1. The second-order valence-corrected chi connectivity index (χ2v) is 4.53. The molecule has 108 valence electrons. The third kappa shape index (κ3) is 3.28. The van der Waals surface area contributed by atoms with Crippen LogP contribution in [0.2, 0.25) is 0 Å². The number of carbonyl (C=O) groups is 1. The van der Waals surface area contributed by atoms with Crippen LogP contribution in [0.25, 0.3) is 0 Å². The Morgan fingerprint density at radius 1 is 1.40 bits per heavy atom. The molecular weight excluding hydrogens is 273 g/mol. The minimum absolute atomic E-state index is 0.00576. The van der Waals surface area contributed by atoms with E-state index >= 15 is 0 Å². The van der Waals surface area contributed by atoms with Crippen LogP contribution >= 0.6 is 0 Å². The first kappa shape index (κ1) is 14.4. The van der Waals surface area contributed by atoms with Crippen molar-refractivity contribution < 1.29 is 23.1 Å². The van der Waals surface area contributed by atoms with Crippen molar-refractivity contribution in [3.05, 3.63) is 35.4 Å². The van der Waals surface area contributed by atoms with Crippen LogP contribution in [0.15, 0.2) is 29.3 Å². The van der Waals surface area contributed by atoms with Crippen LogP contribution in [-0.2, 0) is 6.18 Å². The predicted molar refractivity (Wildman–Crippen MR) is 67.0 cm³/mol. The number of halogens is 3. The summed E-state index contributed by atoms with van der Waals surface area (Å²) in [5, 5.41) is 8.79. The van der Waals surface area contributed by atoms with Gasteiger partial charge in [0.05, 0.1) is 11.6 Å². The van der Waals surface area contributed by atoms with Gasteiger partial charge in [0.15, 0.2) is 0 Å². The van der Waals surface area contributed by atoms with E-state index in [0.29, 0.717) is 13.0 Å². The number of benzene rings is 1. The van der Waals surface area contributed by atoms with Gasteiger partial charge >= 0.3 is 12.3 Å². The van der Waals surface area contributed by atoms with Crippen LogP contribution in [-0.4, -0.2) is 41.4 Å². The fourth-order valence-corrected chi connectivity index (χ4v) is 2.09. The maximum atomic E-state index is 12.8. The summed E-state index contributed by atoms with van der Waals surface area (Å²) in [5.41, 5.74) is -0.745. The zero-order valence-corrected chi connectivity index (χ0v) is 10.5. The molecule has 1 aromatic carbocycles. The third-order valence-electron chi connectivity index (χ3n) is 3.12. The Morgan fingerprint density at radius 3 is 2.70 bits per heavy atom. The van der Waals surface area contributed by atoms with E-state index in [1.807, 2.05) is 0 Å². The number of likely N-dealkylation sites (tertiary alicyclic amines) is 1. The molecule has 0 bridgehead atoms. The quantitative estimate of drug-likeness (QED) is 0.850. The monoisotopic (exact) mass is 286 g/mol. The highest BCUT2D eigenvalue weighted by Gasteiger charge is 2.32.